The number of rotatable bonds is 0. The number of aliphatic hydroxyl groups excluding tert-OH is 1. The van der Waals surface area contributed by atoms with Crippen molar-refractivity contribution in [1.82, 2.24) is 0 Å². The van der Waals surface area contributed by atoms with E-state index in [2.05, 4.69) is 0 Å². The van der Waals surface area contributed by atoms with Gasteiger partial charge in [0, 0.05) is 6.10 Å². The molecule has 4 heteroatoms. The average Bonchev–Trinajstić information content (AvgIpc) is 2.40. The van der Waals surface area contributed by atoms with Gasteiger partial charge in [0.2, 0.25) is 0 Å². The maximum atomic E-state index is 8.06. The summed E-state index contributed by atoms with van der Waals surface area (Å²) in [5, 5.41) is 8.06. The summed E-state index contributed by atoms with van der Waals surface area (Å²) in [7, 11) is 9.78. The topological polar surface area (TPSA) is 20.2 Å². The van der Waals surface area contributed by atoms with E-state index in [4.69, 9.17) is 23.7 Å². The molecule has 1 nitrogen and oxygen atoms in total. The van der Waals surface area contributed by atoms with Crippen LogP contribution in [-0.2, 0) is 17.0 Å². The van der Waals surface area contributed by atoms with Crippen LogP contribution in [0.2, 0.25) is 0 Å². The smallest absolute Gasteiger partial charge is 0.172 e. The van der Waals surface area contributed by atoms with Gasteiger partial charge in [-0.25, -0.2) is 12.1 Å². The predicted octanol–water partition coefficient (Wildman–Crippen LogP) is 3.17. The molecule has 0 heterocycles. The molecule has 0 saturated heterocycles. The van der Waals surface area contributed by atoms with Gasteiger partial charge in [0.25, 0.3) is 0 Å². The molecule has 0 aromatic heterocycles. The van der Waals surface area contributed by atoms with Gasteiger partial charge >= 0.3 is 35.6 Å². The quantitative estimate of drug-likeness (QED) is 0.548. The molecule has 0 spiro atoms. The number of hydrogen-bond acceptors (Lipinski definition) is 1. The molecule has 0 aliphatic carbocycles. The van der Waals surface area contributed by atoms with Gasteiger partial charge < -0.3 is 5.11 Å². The van der Waals surface area contributed by atoms with Crippen LogP contribution in [0.1, 0.15) is 13.8 Å². The first-order chi connectivity index (χ1) is 5.65. The van der Waals surface area contributed by atoms with Crippen LogP contribution in [0.25, 0.3) is 0 Å². The van der Waals surface area contributed by atoms with Crippen LogP contribution in [0.4, 0.5) is 0 Å². The number of hydrogen-bond donors (Lipinski definition) is 1. The first kappa shape index (κ1) is 15.1. The molecule has 0 atom stereocenters. The molecule has 1 N–H and O–H groups in total. The molecule has 0 amide bonds. The zero-order valence-corrected chi connectivity index (χ0v) is 10.2. The summed E-state index contributed by atoms with van der Waals surface area (Å²) < 4.78 is 0. The van der Waals surface area contributed by atoms with Crippen molar-refractivity contribution in [3.8, 4) is 0 Å². The zero-order valence-electron chi connectivity index (χ0n) is 7.17. The first-order valence-corrected chi connectivity index (χ1v) is 7.75. The molecule has 0 bridgehead atoms. The van der Waals surface area contributed by atoms with E-state index in [0.29, 0.717) is 0 Å². The minimum atomic E-state index is -0.556. The van der Waals surface area contributed by atoms with Gasteiger partial charge in [-0.05, 0) is 13.8 Å². The predicted molar refractivity (Wildman–Crippen MR) is 51.1 cm³/mol. The van der Waals surface area contributed by atoms with E-state index in [1.807, 2.05) is 30.3 Å². The molecule has 0 fully saturated rings. The maximum absolute atomic E-state index is 8.06. The monoisotopic (exact) mass is 243 g/mol. The van der Waals surface area contributed by atoms with Crippen molar-refractivity contribution in [2.75, 3.05) is 0 Å². The molecule has 1 aromatic rings. The van der Waals surface area contributed by atoms with Crippen LogP contribution in [0.3, 0.4) is 0 Å². The van der Waals surface area contributed by atoms with E-state index in [9.17, 15) is 0 Å². The van der Waals surface area contributed by atoms with Crippen LogP contribution in [-0.4, -0.2) is 11.2 Å². The van der Waals surface area contributed by atoms with Crippen molar-refractivity contribution >= 4 is 18.6 Å². The third kappa shape index (κ3) is 31.1. The summed E-state index contributed by atoms with van der Waals surface area (Å²) in [4.78, 5) is 0. The third-order valence-corrected chi connectivity index (χ3v) is 0.556. The van der Waals surface area contributed by atoms with Crippen LogP contribution < -0.4 is 0 Å². The Morgan fingerprint density at radius 2 is 1.50 bits per heavy atom. The standard InChI is InChI=1S/C5H5.C3H8O.2ClH.Ti/c1-2-4-5-3-1;1-3(2)4;;;/h1-5H;3-4H,1-2H3;2*1H;/q-1;;;;+2/p-2. The molecule has 0 aliphatic rings. The van der Waals surface area contributed by atoms with Crippen molar-refractivity contribution in [1.29, 1.82) is 0 Å². The van der Waals surface area contributed by atoms with Gasteiger partial charge in [-0.15, -0.1) is 0 Å². The largest absolute Gasteiger partial charge is 0.214 e. The van der Waals surface area contributed by atoms with E-state index in [1.165, 1.54) is 0 Å². The second kappa shape index (κ2) is 14.1. The molecule has 0 aliphatic heterocycles. The Morgan fingerprint density at radius 1 is 1.25 bits per heavy atom. The summed E-state index contributed by atoms with van der Waals surface area (Å²) in [6.07, 6.45) is -0.167. The molecule has 0 saturated carbocycles. The van der Waals surface area contributed by atoms with Gasteiger partial charge in [-0.1, -0.05) is 0 Å². The molecule has 1 rings (SSSR count). The third-order valence-electron chi connectivity index (χ3n) is 0.556. The molecule has 0 unspecified atom stereocenters. The summed E-state index contributed by atoms with van der Waals surface area (Å²) in [6, 6.07) is 10.0. The Hall–Kier alpha value is 0.604. The Kier molecular flexibility index (Phi) is 17.8. The van der Waals surface area contributed by atoms with Gasteiger partial charge in [0.1, 0.15) is 0 Å². The molecule has 12 heavy (non-hydrogen) atoms. The summed E-state index contributed by atoms with van der Waals surface area (Å²) in [5.74, 6) is 0. The van der Waals surface area contributed by atoms with Gasteiger partial charge in [0.15, 0.2) is 0 Å². The van der Waals surface area contributed by atoms with Crippen LogP contribution in [0.5, 0.6) is 0 Å². The van der Waals surface area contributed by atoms with E-state index in [0.717, 1.165) is 0 Å². The fraction of sp³-hybridized carbons (Fsp3) is 0.375. The average molecular weight is 244 g/mol. The SMILES string of the molecule is CC(C)O.[Cl][Ti][Cl].c1cc[cH-]c1. The van der Waals surface area contributed by atoms with E-state index in [-0.39, 0.29) is 6.10 Å². The fourth-order valence-corrected chi connectivity index (χ4v) is 0.321. The molecule has 70 valence electrons. The fourth-order valence-electron chi connectivity index (χ4n) is 0.321. The maximum Gasteiger partial charge on any atom is -0.172 e. The second-order valence-electron chi connectivity index (χ2n) is 2.13. The Morgan fingerprint density at radius 3 is 1.58 bits per heavy atom. The second-order valence-corrected chi connectivity index (χ2v) is 4.71. The van der Waals surface area contributed by atoms with Crippen molar-refractivity contribution in [3.63, 3.8) is 0 Å². The Bertz CT molecular complexity index is 112. The van der Waals surface area contributed by atoms with Crippen LogP contribution >= 0.6 is 18.6 Å². The van der Waals surface area contributed by atoms with Crippen molar-refractivity contribution < 1.29 is 22.1 Å². The van der Waals surface area contributed by atoms with Crippen molar-refractivity contribution in [3.05, 3.63) is 30.3 Å². The summed E-state index contributed by atoms with van der Waals surface area (Å²) in [5.41, 5.74) is 0. The minimum Gasteiger partial charge on any atom is -0.214 e. The van der Waals surface area contributed by atoms with Crippen molar-refractivity contribution in [2.45, 2.75) is 20.0 Å². The number of aliphatic hydroxyl groups is 1. The summed E-state index contributed by atoms with van der Waals surface area (Å²) >= 11 is -0.556. The van der Waals surface area contributed by atoms with Crippen LogP contribution in [0.15, 0.2) is 30.3 Å². The Labute approximate surface area is 90.7 Å². The van der Waals surface area contributed by atoms with Gasteiger partial charge in [-0.3, -0.25) is 0 Å². The van der Waals surface area contributed by atoms with E-state index in [1.54, 1.807) is 13.8 Å². The molecular formula is C8H13Cl2OTi-. The molecular weight excluding hydrogens is 231 g/mol. The van der Waals surface area contributed by atoms with Crippen LogP contribution in [0, 0.1) is 0 Å². The normalized spacial score (nSPS) is 7.50. The molecule has 1 aromatic carbocycles. The van der Waals surface area contributed by atoms with E-state index < -0.39 is 17.0 Å². The minimum absolute atomic E-state index is 0.167. The Balaban J connectivity index is 0. The molecule has 0 radical (unpaired) electrons. The van der Waals surface area contributed by atoms with Crippen molar-refractivity contribution in [2.24, 2.45) is 0 Å². The zero-order chi connectivity index (χ0) is 9.82. The summed E-state index contributed by atoms with van der Waals surface area (Å²) in [6.45, 7) is 3.44. The number of halogens is 2. The first-order valence-electron chi connectivity index (χ1n) is 3.46. The van der Waals surface area contributed by atoms with Gasteiger partial charge in [0.05, 0.1) is 0 Å². The van der Waals surface area contributed by atoms with Gasteiger partial charge in [-0.2, -0.15) is 18.2 Å². The van der Waals surface area contributed by atoms with E-state index >= 15 is 0 Å².